The molecule has 0 aliphatic rings. The van der Waals surface area contributed by atoms with E-state index in [4.69, 9.17) is 14.2 Å². The molecule has 0 unspecified atom stereocenters. The average molecular weight is 428 g/mol. The zero-order chi connectivity index (χ0) is 23.2. The molecule has 0 heterocycles. The van der Waals surface area contributed by atoms with E-state index in [0.29, 0.717) is 5.75 Å². The number of ether oxygens (including phenoxy) is 3. The molecule has 0 radical (unpaired) electrons. The number of esters is 1. The minimum absolute atomic E-state index is 0.263. The third kappa shape index (κ3) is 9.11. The molecule has 2 aromatic carbocycles. The number of benzene rings is 2. The van der Waals surface area contributed by atoms with Gasteiger partial charge in [-0.05, 0) is 78.3 Å². The van der Waals surface area contributed by atoms with Gasteiger partial charge >= 0.3 is 12.1 Å². The third-order valence-corrected chi connectivity index (χ3v) is 4.00. The van der Waals surface area contributed by atoms with E-state index in [-0.39, 0.29) is 6.42 Å². The molecule has 6 heteroatoms. The minimum Gasteiger partial charge on any atom is -0.458 e. The van der Waals surface area contributed by atoms with E-state index in [9.17, 15) is 9.59 Å². The summed E-state index contributed by atoms with van der Waals surface area (Å²) >= 11 is 0. The van der Waals surface area contributed by atoms with Crippen LogP contribution in [0.3, 0.4) is 0 Å². The van der Waals surface area contributed by atoms with Crippen LogP contribution in [0.5, 0.6) is 11.5 Å². The fraction of sp³-hybridized carbons (Fsp3) is 0.440. The fourth-order valence-electron chi connectivity index (χ4n) is 2.69. The molecule has 168 valence electrons. The molecule has 0 saturated heterocycles. The first-order chi connectivity index (χ1) is 14.3. The number of carbonyl (C=O) groups is 2. The fourth-order valence-corrected chi connectivity index (χ4v) is 2.69. The van der Waals surface area contributed by atoms with Crippen LogP contribution in [0.4, 0.5) is 4.79 Å². The summed E-state index contributed by atoms with van der Waals surface area (Å²) in [6.07, 6.45) is -0.401. The molecule has 6 nitrogen and oxygen atoms in total. The van der Waals surface area contributed by atoms with Crippen LogP contribution in [0, 0.1) is 6.92 Å². The Labute approximate surface area is 184 Å². The highest BCUT2D eigenvalue weighted by Gasteiger charge is 2.29. The number of amides is 1. The zero-order valence-electron chi connectivity index (χ0n) is 19.4. The van der Waals surface area contributed by atoms with Gasteiger partial charge in [0.2, 0.25) is 0 Å². The molecule has 0 aliphatic carbocycles. The molecule has 0 aliphatic heterocycles. The first-order valence-electron chi connectivity index (χ1n) is 10.4. The predicted molar refractivity (Wildman–Crippen MR) is 120 cm³/mol. The Kier molecular flexibility index (Phi) is 7.71. The second kappa shape index (κ2) is 9.86. The van der Waals surface area contributed by atoms with Crippen molar-refractivity contribution < 1.29 is 23.8 Å². The van der Waals surface area contributed by atoms with Crippen molar-refractivity contribution in [2.75, 3.05) is 0 Å². The van der Waals surface area contributed by atoms with Crippen LogP contribution in [-0.2, 0) is 20.7 Å². The second-order valence-corrected chi connectivity index (χ2v) is 9.50. The standard InChI is InChI=1S/C25H33NO5/c1-17-8-12-19(13-9-17)29-20-14-10-18(11-15-20)16-21(22(27)30-24(2,3)4)26-23(28)31-25(5,6)7/h8-15,21H,16H2,1-7H3,(H,26,28)/t21-/m0/s1. The van der Waals surface area contributed by atoms with Gasteiger partial charge in [-0.15, -0.1) is 0 Å². The Morgan fingerprint density at radius 2 is 1.29 bits per heavy atom. The molecule has 31 heavy (non-hydrogen) atoms. The van der Waals surface area contributed by atoms with Gasteiger partial charge in [-0.25, -0.2) is 9.59 Å². The van der Waals surface area contributed by atoms with Crippen LogP contribution in [0.25, 0.3) is 0 Å². The molecule has 0 fully saturated rings. The topological polar surface area (TPSA) is 73.9 Å². The van der Waals surface area contributed by atoms with Gasteiger partial charge in [-0.1, -0.05) is 29.8 Å². The van der Waals surface area contributed by atoms with Crippen LogP contribution < -0.4 is 10.1 Å². The van der Waals surface area contributed by atoms with E-state index in [0.717, 1.165) is 16.9 Å². The Hall–Kier alpha value is -3.02. The molecule has 0 aromatic heterocycles. The lowest BCUT2D eigenvalue weighted by molar-refractivity contribution is -0.157. The van der Waals surface area contributed by atoms with Crippen molar-refractivity contribution in [3.05, 3.63) is 59.7 Å². The lowest BCUT2D eigenvalue weighted by Gasteiger charge is -2.26. The van der Waals surface area contributed by atoms with Crippen molar-refractivity contribution in [1.29, 1.82) is 0 Å². The van der Waals surface area contributed by atoms with Crippen molar-refractivity contribution in [2.24, 2.45) is 0 Å². The Morgan fingerprint density at radius 3 is 1.77 bits per heavy atom. The number of nitrogens with one attached hydrogen (secondary N) is 1. The molecule has 2 rings (SSSR count). The van der Waals surface area contributed by atoms with E-state index in [1.165, 1.54) is 0 Å². The monoisotopic (exact) mass is 427 g/mol. The number of aryl methyl sites for hydroxylation is 1. The van der Waals surface area contributed by atoms with Crippen LogP contribution in [-0.4, -0.2) is 29.3 Å². The van der Waals surface area contributed by atoms with Crippen molar-refractivity contribution in [2.45, 2.75) is 72.1 Å². The molecule has 0 saturated carbocycles. The number of hydrogen-bond donors (Lipinski definition) is 1. The van der Waals surface area contributed by atoms with Crippen molar-refractivity contribution in [3.8, 4) is 11.5 Å². The van der Waals surface area contributed by atoms with Crippen LogP contribution >= 0.6 is 0 Å². The summed E-state index contributed by atoms with van der Waals surface area (Å²) in [6, 6.07) is 14.3. The lowest BCUT2D eigenvalue weighted by atomic mass is 10.1. The van der Waals surface area contributed by atoms with Gasteiger partial charge in [0, 0.05) is 6.42 Å². The highest BCUT2D eigenvalue weighted by molar-refractivity contribution is 5.82. The summed E-state index contributed by atoms with van der Waals surface area (Å²) < 4.78 is 16.6. The van der Waals surface area contributed by atoms with Gasteiger partial charge in [0.05, 0.1) is 0 Å². The average Bonchev–Trinajstić information content (AvgIpc) is 2.61. The van der Waals surface area contributed by atoms with Gasteiger partial charge in [-0.3, -0.25) is 0 Å². The lowest BCUT2D eigenvalue weighted by Crippen LogP contribution is -2.47. The van der Waals surface area contributed by atoms with E-state index in [2.05, 4.69) is 5.32 Å². The molecule has 1 atom stereocenters. The molecular weight excluding hydrogens is 394 g/mol. The van der Waals surface area contributed by atoms with Gasteiger partial charge in [-0.2, -0.15) is 0 Å². The maximum Gasteiger partial charge on any atom is 0.408 e. The molecule has 1 amide bonds. The van der Waals surface area contributed by atoms with Crippen molar-refractivity contribution in [1.82, 2.24) is 5.32 Å². The quantitative estimate of drug-likeness (QED) is 0.611. The largest absolute Gasteiger partial charge is 0.458 e. The Morgan fingerprint density at radius 1 is 0.806 bits per heavy atom. The first-order valence-corrected chi connectivity index (χ1v) is 10.4. The second-order valence-electron chi connectivity index (χ2n) is 9.50. The van der Waals surface area contributed by atoms with Crippen LogP contribution in [0.2, 0.25) is 0 Å². The van der Waals surface area contributed by atoms with Gasteiger partial charge < -0.3 is 19.5 Å². The number of hydrogen-bond acceptors (Lipinski definition) is 5. The SMILES string of the molecule is Cc1ccc(Oc2ccc(C[C@H](NC(=O)OC(C)(C)C)C(=O)OC(C)(C)C)cc2)cc1. The molecule has 1 N–H and O–H groups in total. The molecule has 0 spiro atoms. The van der Waals surface area contributed by atoms with E-state index in [1.807, 2.05) is 55.5 Å². The van der Waals surface area contributed by atoms with E-state index in [1.54, 1.807) is 41.5 Å². The predicted octanol–water partition coefficient (Wildman–Crippen LogP) is 5.56. The minimum atomic E-state index is -0.877. The van der Waals surface area contributed by atoms with Gasteiger partial charge in [0.1, 0.15) is 28.7 Å². The summed E-state index contributed by atoms with van der Waals surface area (Å²) in [6.45, 7) is 12.7. The van der Waals surface area contributed by atoms with Gasteiger partial charge in [0.25, 0.3) is 0 Å². The Bertz CT molecular complexity index is 874. The summed E-state index contributed by atoms with van der Waals surface area (Å²) in [7, 11) is 0. The summed E-state index contributed by atoms with van der Waals surface area (Å²) in [4.78, 5) is 24.9. The molecular formula is C25H33NO5. The van der Waals surface area contributed by atoms with Crippen molar-refractivity contribution >= 4 is 12.1 Å². The summed E-state index contributed by atoms with van der Waals surface area (Å²) in [5.74, 6) is 0.913. The van der Waals surface area contributed by atoms with E-state index < -0.39 is 29.3 Å². The maximum atomic E-state index is 12.7. The van der Waals surface area contributed by atoms with Gasteiger partial charge in [0.15, 0.2) is 0 Å². The van der Waals surface area contributed by atoms with Crippen molar-refractivity contribution in [3.63, 3.8) is 0 Å². The summed E-state index contributed by atoms with van der Waals surface area (Å²) in [5.41, 5.74) is 0.672. The number of alkyl carbamates (subject to hydrolysis) is 1. The third-order valence-electron chi connectivity index (χ3n) is 4.00. The highest BCUT2D eigenvalue weighted by Crippen LogP contribution is 2.22. The van der Waals surface area contributed by atoms with E-state index >= 15 is 0 Å². The van der Waals surface area contributed by atoms with Crippen LogP contribution in [0.1, 0.15) is 52.7 Å². The first kappa shape index (κ1) is 24.3. The highest BCUT2D eigenvalue weighted by atomic mass is 16.6. The van der Waals surface area contributed by atoms with Crippen LogP contribution in [0.15, 0.2) is 48.5 Å². The zero-order valence-corrected chi connectivity index (χ0v) is 19.4. The summed E-state index contributed by atoms with van der Waals surface area (Å²) in [5, 5.41) is 2.64. The molecule has 0 bridgehead atoms. The number of rotatable bonds is 6. The normalized spacial score (nSPS) is 12.6. The Balaban J connectivity index is 2.10. The maximum absolute atomic E-state index is 12.7. The number of carbonyl (C=O) groups excluding carboxylic acids is 2. The molecule has 2 aromatic rings. The smallest absolute Gasteiger partial charge is 0.408 e.